The van der Waals surface area contributed by atoms with Gasteiger partial charge in [-0.25, -0.2) is 4.79 Å². The molecule has 0 aliphatic carbocycles. The number of amidine groups is 1. The largest absolute Gasteiger partial charge is 0.444 e. The lowest BCUT2D eigenvalue weighted by molar-refractivity contribution is -0.139. The van der Waals surface area contributed by atoms with E-state index in [1.54, 1.807) is 40.0 Å². The summed E-state index contributed by atoms with van der Waals surface area (Å²) < 4.78 is 6.96. The molecule has 0 bridgehead atoms. The average Bonchev–Trinajstić information content (AvgIpc) is 3.77. The smallest absolute Gasteiger partial charge is 0.413 e. The molecule has 3 amide bonds. The van der Waals surface area contributed by atoms with Crippen molar-refractivity contribution in [3.05, 3.63) is 126 Å². The van der Waals surface area contributed by atoms with E-state index in [-0.39, 0.29) is 36.8 Å². The summed E-state index contributed by atoms with van der Waals surface area (Å²) in [6, 6.07) is 26.3. The molecule has 2 heterocycles. The number of likely N-dealkylation sites (tertiary alicyclic amines) is 1. The summed E-state index contributed by atoms with van der Waals surface area (Å²) in [6.07, 6.45) is 4.36. The number of carbonyl (C=O) groups is 3. The molecular weight excluding hydrogens is 570 g/mol. The number of alkyl carbamates (subject to hydrolysis) is 1. The number of hydrogen-bond acceptors (Lipinski definition) is 7. The monoisotopic (exact) mass is 607 g/mol. The van der Waals surface area contributed by atoms with E-state index < -0.39 is 18.2 Å². The van der Waals surface area contributed by atoms with E-state index >= 15 is 0 Å². The lowest BCUT2D eigenvalue weighted by Gasteiger charge is -2.26. The van der Waals surface area contributed by atoms with Crippen molar-refractivity contribution in [2.24, 2.45) is 5.73 Å². The molecule has 1 fully saturated rings. The zero-order valence-corrected chi connectivity index (χ0v) is 24.8. The standard InChI is InChI=1S/C34H37N7O4/c35-29(17-14-24-8-3-1-4-9-24)33(43)40-22-28(41-19-7-18-38-41)20-30(40)32(42)37-21-25-12-15-27(16-13-25)31(36)39-34(44)45-23-26-10-5-2-6-11-26/h1-13,15-16,18-19,28-30H,14,17,20-23,35H2,(H,37,42)(H2,36,39,44)/t28?,29-,30+/m1/s1. The predicted octanol–water partition coefficient (Wildman–Crippen LogP) is 3.55. The van der Waals surface area contributed by atoms with E-state index in [0.29, 0.717) is 31.4 Å². The Morgan fingerprint density at radius 3 is 2.29 bits per heavy atom. The van der Waals surface area contributed by atoms with Gasteiger partial charge in [0.15, 0.2) is 0 Å². The maximum Gasteiger partial charge on any atom is 0.413 e. The minimum absolute atomic E-state index is 0.1000. The molecule has 1 aliphatic rings. The molecule has 1 unspecified atom stereocenters. The Labute approximate surface area is 261 Å². The summed E-state index contributed by atoms with van der Waals surface area (Å²) in [5, 5.41) is 17.9. The van der Waals surface area contributed by atoms with Crippen molar-refractivity contribution in [2.75, 3.05) is 6.54 Å². The van der Waals surface area contributed by atoms with Crippen LogP contribution in [0.1, 0.15) is 41.1 Å². The van der Waals surface area contributed by atoms with Crippen LogP contribution in [0.4, 0.5) is 4.79 Å². The van der Waals surface area contributed by atoms with Crippen LogP contribution in [0.2, 0.25) is 0 Å². The SMILES string of the molecule is N=C(NC(=O)OCc1ccccc1)c1ccc(CNC(=O)[C@@H]2CC(n3cccn3)CN2C(=O)[C@H](N)CCc2ccccc2)cc1. The lowest BCUT2D eigenvalue weighted by atomic mass is 10.0. The second-order valence-electron chi connectivity index (χ2n) is 11.0. The first-order chi connectivity index (χ1) is 21.9. The first kappa shape index (κ1) is 31.1. The van der Waals surface area contributed by atoms with Gasteiger partial charge in [0, 0.05) is 37.5 Å². The van der Waals surface area contributed by atoms with Crippen LogP contribution in [-0.2, 0) is 33.9 Å². The molecule has 11 nitrogen and oxygen atoms in total. The second kappa shape index (κ2) is 14.9. The second-order valence-corrected chi connectivity index (χ2v) is 11.0. The molecule has 232 valence electrons. The summed E-state index contributed by atoms with van der Waals surface area (Å²) in [7, 11) is 0. The van der Waals surface area contributed by atoms with E-state index in [4.69, 9.17) is 15.9 Å². The van der Waals surface area contributed by atoms with Crippen molar-refractivity contribution in [2.45, 2.75) is 50.5 Å². The molecule has 5 N–H and O–H groups in total. The van der Waals surface area contributed by atoms with Crippen LogP contribution < -0.4 is 16.4 Å². The number of aromatic nitrogens is 2. The van der Waals surface area contributed by atoms with Crippen LogP contribution in [0.5, 0.6) is 0 Å². The van der Waals surface area contributed by atoms with E-state index in [2.05, 4.69) is 15.7 Å². The number of rotatable bonds is 11. The van der Waals surface area contributed by atoms with Crippen LogP contribution >= 0.6 is 0 Å². The quantitative estimate of drug-likeness (QED) is 0.151. The fraction of sp³-hybridized carbons (Fsp3) is 0.265. The molecule has 0 saturated carbocycles. The number of carbonyl (C=O) groups excluding carboxylic acids is 3. The predicted molar refractivity (Wildman–Crippen MR) is 169 cm³/mol. The molecule has 4 aromatic rings. The van der Waals surface area contributed by atoms with Crippen molar-refractivity contribution in [3.8, 4) is 0 Å². The van der Waals surface area contributed by atoms with Gasteiger partial charge in [-0.3, -0.25) is 25.0 Å². The van der Waals surface area contributed by atoms with Crippen LogP contribution in [-0.4, -0.2) is 57.1 Å². The molecule has 0 radical (unpaired) electrons. The number of nitrogens with two attached hydrogens (primary N) is 1. The maximum absolute atomic E-state index is 13.5. The zero-order valence-electron chi connectivity index (χ0n) is 24.8. The number of nitrogens with zero attached hydrogens (tertiary/aromatic N) is 3. The molecule has 0 spiro atoms. The van der Waals surface area contributed by atoms with Crippen LogP contribution in [0, 0.1) is 5.41 Å². The molecular formula is C34H37N7O4. The Kier molecular flexibility index (Phi) is 10.3. The van der Waals surface area contributed by atoms with Crippen LogP contribution in [0.25, 0.3) is 0 Å². The van der Waals surface area contributed by atoms with Crippen LogP contribution in [0.15, 0.2) is 103 Å². The molecule has 5 rings (SSSR count). The van der Waals surface area contributed by atoms with Crippen molar-refractivity contribution in [3.63, 3.8) is 0 Å². The summed E-state index contributed by atoms with van der Waals surface area (Å²) in [4.78, 5) is 40.6. The fourth-order valence-corrected chi connectivity index (χ4v) is 5.33. The van der Waals surface area contributed by atoms with E-state index in [1.165, 1.54) is 0 Å². The number of amides is 3. The lowest BCUT2D eigenvalue weighted by Crippen LogP contribution is -2.51. The van der Waals surface area contributed by atoms with Gasteiger partial charge in [-0.15, -0.1) is 0 Å². The van der Waals surface area contributed by atoms with E-state index in [0.717, 1.165) is 16.7 Å². The number of ether oxygens (including phenoxy) is 1. The Morgan fingerprint density at radius 2 is 1.62 bits per heavy atom. The Hall–Kier alpha value is -5.29. The van der Waals surface area contributed by atoms with Gasteiger partial charge in [0.1, 0.15) is 18.5 Å². The normalized spacial score (nSPS) is 16.5. The third-order valence-electron chi connectivity index (χ3n) is 7.82. The Balaban J connectivity index is 1.15. The maximum atomic E-state index is 13.5. The molecule has 1 saturated heterocycles. The highest BCUT2D eigenvalue weighted by molar-refractivity contribution is 6.04. The van der Waals surface area contributed by atoms with Gasteiger partial charge in [-0.1, -0.05) is 84.9 Å². The van der Waals surface area contributed by atoms with Crippen LogP contribution in [0.3, 0.4) is 0 Å². The van der Waals surface area contributed by atoms with Gasteiger partial charge >= 0.3 is 6.09 Å². The highest BCUT2D eigenvalue weighted by Gasteiger charge is 2.41. The molecule has 3 atom stereocenters. The van der Waals surface area contributed by atoms with Gasteiger partial charge in [-0.05, 0) is 35.6 Å². The minimum atomic E-state index is -0.732. The molecule has 3 aromatic carbocycles. The third kappa shape index (κ3) is 8.42. The topological polar surface area (TPSA) is 155 Å². The van der Waals surface area contributed by atoms with E-state index in [9.17, 15) is 14.4 Å². The Bertz CT molecular complexity index is 1580. The van der Waals surface area contributed by atoms with Crippen molar-refractivity contribution in [1.82, 2.24) is 25.3 Å². The molecule has 1 aliphatic heterocycles. The first-order valence-electron chi connectivity index (χ1n) is 14.9. The summed E-state index contributed by atoms with van der Waals surface area (Å²) >= 11 is 0. The first-order valence-corrected chi connectivity index (χ1v) is 14.9. The number of benzene rings is 3. The summed E-state index contributed by atoms with van der Waals surface area (Å²) in [5.74, 6) is -0.622. The minimum Gasteiger partial charge on any atom is -0.444 e. The summed E-state index contributed by atoms with van der Waals surface area (Å²) in [5.41, 5.74) is 9.58. The number of nitrogens with one attached hydrogen (secondary N) is 3. The Morgan fingerprint density at radius 1 is 0.933 bits per heavy atom. The van der Waals surface area contributed by atoms with Gasteiger partial charge in [0.2, 0.25) is 11.8 Å². The van der Waals surface area contributed by atoms with Crippen molar-refractivity contribution >= 4 is 23.7 Å². The van der Waals surface area contributed by atoms with Crippen molar-refractivity contribution < 1.29 is 19.1 Å². The average molecular weight is 608 g/mol. The zero-order chi connectivity index (χ0) is 31.6. The van der Waals surface area contributed by atoms with Gasteiger partial charge in [0.25, 0.3) is 0 Å². The number of hydrogen-bond donors (Lipinski definition) is 4. The third-order valence-corrected chi connectivity index (χ3v) is 7.82. The fourth-order valence-electron chi connectivity index (χ4n) is 5.33. The summed E-state index contributed by atoms with van der Waals surface area (Å²) in [6.45, 7) is 0.671. The number of aryl methyl sites for hydroxylation is 1. The highest BCUT2D eigenvalue weighted by Crippen LogP contribution is 2.28. The molecule has 11 heteroatoms. The molecule has 1 aromatic heterocycles. The molecule has 45 heavy (non-hydrogen) atoms. The van der Waals surface area contributed by atoms with Gasteiger partial charge < -0.3 is 20.7 Å². The van der Waals surface area contributed by atoms with Gasteiger partial charge in [0.05, 0.1) is 12.1 Å². The highest BCUT2D eigenvalue weighted by atomic mass is 16.5. The van der Waals surface area contributed by atoms with E-state index in [1.807, 2.05) is 72.9 Å². The van der Waals surface area contributed by atoms with Gasteiger partial charge in [-0.2, -0.15) is 5.10 Å². The van der Waals surface area contributed by atoms with Crippen molar-refractivity contribution in [1.29, 1.82) is 5.41 Å².